The molecule has 0 heterocycles. The number of rotatable bonds is 7. The minimum atomic E-state index is 0.509. The van der Waals surface area contributed by atoms with Crippen LogP contribution in [0.15, 0.2) is 0 Å². The van der Waals surface area contributed by atoms with E-state index >= 15 is 0 Å². The molecule has 2 heteroatoms. The highest BCUT2D eigenvalue weighted by Gasteiger charge is 2.39. The lowest BCUT2D eigenvalue weighted by molar-refractivity contribution is -0.120. The van der Waals surface area contributed by atoms with Crippen molar-refractivity contribution >= 4 is 5.78 Å². The fraction of sp³-hybridized carbons (Fsp3) is 0.933. The summed E-state index contributed by atoms with van der Waals surface area (Å²) in [5, 5.41) is 0. The van der Waals surface area contributed by atoms with Gasteiger partial charge in [-0.2, -0.15) is 0 Å². The molecule has 17 heavy (non-hydrogen) atoms. The Labute approximate surface area is 106 Å². The second kappa shape index (κ2) is 5.99. The van der Waals surface area contributed by atoms with Crippen LogP contribution in [0.1, 0.15) is 52.4 Å². The number of hydrogen-bond donors (Lipinski definition) is 0. The molecule has 0 aromatic rings. The number of ketones is 1. The Morgan fingerprint density at radius 3 is 2.47 bits per heavy atom. The molecular formula is C15H27NO. The van der Waals surface area contributed by atoms with Gasteiger partial charge in [-0.25, -0.2) is 0 Å². The average molecular weight is 237 g/mol. The van der Waals surface area contributed by atoms with Crippen LogP contribution in [0.5, 0.6) is 0 Å². The number of Topliss-reactive ketones (excluding diaryl/α,β-unsaturated/α-hetero) is 1. The van der Waals surface area contributed by atoms with Gasteiger partial charge in [-0.15, -0.1) is 0 Å². The van der Waals surface area contributed by atoms with Gasteiger partial charge in [0.15, 0.2) is 0 Å². The van der Waals surface area contributed by atoms with Crippen molar-refractivity contribution in [1.29, 1.82) is 0 Å². The van der Waals surface area contributed by atoms with Crippen molar-refractivity contribution in [3.63, 3.8) is 0 Å². The number of hydrogen-bond acceptors (Lipinski definition) is 2. The van der Waals surface area contributed by atoms with Crippen LogP contribution < -0.4 is 0 Å². The minimum absolute atomic E-state index is 0.509. The molecule has 3 atom stereocenters. The first kappa shape index (κ1) is 13.1. The van der Waals surface area contributed by atoms with Gasteiger partial charge < -0.3 is 4.90 Å². The zero-order chi connectivity index (χ0) is 12.3. The molecule has 2 aliphatic carbocycles. The molecule has 3 unspecified atom stereocenters. The van der Waals surface area contributed by atoms with Crippen molar-refractivity contribution in [2.45, 2.75) is 52.4 Å². The number of fused-ring (bicyclic) bond motifs is 2. The monoisotopic (exact) mass is 237 g/mol. The molecule has 0 radical (unpaired) electrons. The Morgan fingerprint density at radius 1 is 1.18 bits per heavy atom. The van der Waals surface area contributed by atoms with E-state index < -0.39 is 0 Å². The van der Waals surface area contributed by atoms with Gasteiger partial charge in [0.05, 0.1) is 0 Å². The SMILES string of the molecule is CCN(CC)CCC(=O)CC1CC2CCC1C2. The Hall–Kier alpha value is -0.370. The summed E-state index contributed by atoms with van der Waals surface area (Å²) in [6.45, 7) is 7.44. The number of nitrogens with zero attached hydrogens (tertiary/aromatic N) is 1. The molecule has 0 aliphatic heterocycles. The van der Waals surface area contributed by atoms with Gasteiger partial charge in [0.1, 0.15) is 5.78 Å². The molecule has 0 spiro atoms. The Morgan fingerprint density at radius 2 is 1.94 bits per heavy atom. The summed E-state index contributed by atoms with van der Waals surface area (Å²) in [5.74, 6) is 3.13. The standard InChI is InChI=1S/C15H27NO/c1-3-16(4-2)8-7-15(17)11-14-10-12-5-6-13(14)9-12/h12-14H,3-11H2,1-2H3. The Kier molecular flexibility index (Phi) is 4.61. The van der Waals surface area contributed by atoms with E-state index in [1.165, 1.54) is 25.7 Å². The van der Waals surface area contributed by atoms with Gasteiger partial charge in [-0.1, -0.05) is 20.3 Å². The third-order valence-corrected chi connectivity index (χ3v) is 4.98. The van der Waals surface area contributed by atoms with Crippen LogP contribution in [0.3, 0.4) is 0 Å². The van der Waals surface area contributed by atoms with E-state index in [2.05, 4.69) is 18.7 Å². The molecule has 2 bridgehead atoms. The second-order valence-corrected chi connectivity index (χ2v) is 5.95. The minimum Gasteiger partial charge on any atom is -0.303 e. The van der Waals surface area contributed by atoms with E-state index in [4.69, 9.17) is 0 Å². The average Bonchev–Trinajstić information content (AvgIpc) is 2.92. The lowest BCUT2D eigenvalue weighted by atomic mass is 9.85. The van der Waals surface area contributed by atoms with E-state index in [0.29, 0.717) is 5.78 Å². The van der Waals surface area contributed by atoms with Gasteiger partial charge in [0.2, 0.25) is 0 Å². The maximum absolute atomic E-state index is 12.0. The summed E-state index contributed by atoms with van der Waals surface area (Å²) in [7, 11) is 0. The summed E-state index contributed by atoms with van der Waals surface area (Å²) < 4.78 is 0. The summed E-state index contributed by atoms with van der Waals surface area (Å²) in [6.07, 6.45) is 7.27. The van der Waals surface area contributed by atoms with Crippen LogP contribution in [0.4, 0.5) is 0 Å². The van der Waals surface area contributed by atoms with Gasteiger partial charge in [0.25, 0.3) is 0 Å². The molecule has 0 saturated heterocycles. The van der Waals surface area contributed by atoms with Gasteiger partial charge >= 0.3 is 0 Å². The second-order valence-electron chi connectivity index (χ2n) is 5.95. The lowest BCUT2D eigenvalue weighted by Gasteiger charge is -2.22. The Bertz CT molecular complexity index is 260. The molecule has 0 amide bonds. The van der Waals surface area contributed by atoms with Crippen molar-refractivity contribution in [2.24, 2.45) is 17.8 Å². The molecule has 2 rings (SSSR count). The number of carbonyl (C=O) groups excluding carboxylic acids is 1. The fourth-order valence-electron chi connectivity index (χ4n) is 3.84. The van der Waals surface area contributed by atoms with Gasteiger partial charge in [0, 0.05) is 19.4 Å². The van der Waals surface area contributed by atoms with Crippen molar-refractivity contribution < 1.29 is 4.79 Å². The molecule has 0 aromatic carbocycles. The molecule has 98 valence electrons. The zero-order valence-electron chi connectivity index (χ0n) is 11.5. The van der Waals surface area contributed by atoms with E-state index in [9.17, 15) is 4.79 Å². The Balaban J connectivity index is 1.67. The largest absolute Gasteiger partial charge is 0.303 e. The highest BCUT2D eigenvalue weighted by molar-refractivity contribution is 5.78. The number of carbonyl (C=O) groups is 1. The molecule has 2 aliphatic rings. The van der Waals surface area contributed by atoms with E-state index in [1.54, 1.807) is 0 Å². The maximum Gasteiger partial charge on any atom is 0.134 e. The molecule has 2 fully saturated rings. The van der Waals surface area contributed by atoms with Gasteiger partial charge in [-0.05, 0) is 50.1 Å². The van der Waals surface area contributed by atoms with E-state index in [0.717, 1.165) is 50.2 Å². The molecule has 0 N–H and O–H groups in total. The first-order valence-corrected chi connectivity index (χ1v) is 7.47. The first-order chi connectivity index (χ1) is 8.22. The van der Waals surface area contributed by atoms with Crippen molar-refractivity contribution in [2.75, 3.05) is 19.6 Å². The molecule has 0 aromatic heterocycles. The van der Waals surface area contributed by atoms with Crippen LogP contribution in [0, 0.1) is 17.8 Å². The van der Waals surface area contributed by atoms with E-state index in [-0.39, 0.29) is 0 Å². The van der Waals surface area contributed by atoms with Crippen LogP contribution in [0.2, 0.25) is 0 Å². The van der Waals surface area contributed by atoms with Crippen LogP contribution in [-0.2, 0) is 4.79 Å². The van der Waals surface area contributed by atoms with Crippen molar-refractivity contribution in [1.82, 2.24) is 4.90 Å². The fourth-order valence-corrected chi connectivity index (χ4v) is 3.84. The summed E-state index contributed by atoms with van der Waals surface area (Å²) in [6, 6.07) is 0. The first-order valence-electron chi connectivity index (χ1n) is 7.47. The van der Waals surface area contributed by atoms with Crippen LogP contribution in [0.25, 0.3) is 0 Å². The molecular weight excluding hydrogens is 210 g/mol. The summed E-state index contributed by atoms with van der Waals surface area (Å²) in [5.41, 5.74) is 0. The molecule has 2 nitrogen and oxygen atoms in total. The van der Waals surface area contributed by atoms with E-state index in [1.807, 2.05) is 0 Å². The normalized spacial score (nSPS) is 31.4. The topological polar surface area (TPSA) is 20.3 Å². The third-order valence-electron chi connectivity index (χ3n) is 4.98. The summed E-state index contributed by atoms with van der Waals surface area (Å²) in [4.78, 5) is 14.3. The van der Waals surface area contributed by atoms with Crippen LogP contribution >= 0.6 is 0 Å². The molecule has 2 saturated carbocycles. The summed E-state index contributed by atoms with van der Waals surface area (Å²) >= 11 is 0. The maximum atomic E-state index is 12.0. The highest BCUT2D eigenvalue weighted by atomic mass is 16.1. The van der Waals surface area contributed by atoms with Crippen molar-refractivity contribution in [3.8, 4) is 0 Å². The highest BCUT2D eigenvalue weighted by Crippen LogP contribution is 2.49. The zero-order valence-corrected chi connectivity index (χ0v) is 11.5. The van der Waals surface area contributed by atoms with Gasteiger partial charge in [-0.3, -0.25) is 4.79 Å². The predicted molar refractivity (Wildman–Crippen MR) is 71.0 cm³/mol. The quantitative estimate of drug-likeness (QED) is 0.678. The smallest absolute Gasteiger partial charge is 0.134 e. The third kappa shape index (κ3) is 3.31. The lowest BCUT2D eigenvalue weighted by Crippen LogP contribution is -2.26. The van der Waals surface area contributed by atoms with Crippen LogP contribution in [-0.4, -0.2) is 30.3 Å². The predicted octanol–water partition coefficient (Wildman–Crippen LogP) is 3.11. The van der Waals surface area contributed by atoms with Crippen molar-refractivity contribution in [3.05, 3.63) is 0 Å².